The highest BCUT2D eigenvalue weighted by molar-refractivity contribution is 7.76. The number of hydrogen-bond acceptors (Lipinski definition) is 2. The maximum Gasteiger partial charge on any atom is 0.204 e. The zero-order valence-electron chi connectivity index (χ0n) is 16.0. The second-order valence-corrected chi connectivity index (χ2v) is 10.6. The summed E-state index contributed by atoms with van der Waals surface area (Å²) in [5.74, 6) is 0. The molecule has 0 amide bonds. The quantitative estimate of drug-likeness (QED) is 0.730. The van der Waals surface area contributed by atoms with Gasteiger partial charge in [-0.3, -0.25) is 9.65 Å². The van der Waals surface area contributed by atoms with Gasteiger partial charge < -0.3 is 5.32 Å². The Morgan fingerprint density at radius 3 is 1.70 bits per heavy atom. The fourth-order valence-electron chi connectivity index (χ4n) is 4.69. The Bertz CT molecular complexity index is 715. The smallest absolute Gasteiger partial charge is 0.204 e. The molecule has 0 aliphatic heterocycles. The molecule has 0 bridgehead atoms. The highest BCUT2D eigenvalue weighted by Crippen LogP contribution is 2.41. The van der Waals surface area contributed by atoms with Gasteiger partial charge in [0.25, 0.3) is 0 Å². The van der Waals surface area contributed by atoms with E-state index < -0.39 is 7.29 Å². The van der Waals surface area contributed by atoms with Gasteiger partial charge in [0.05, 0.1) is 0 Å². The summed E-state index contributed by atoms with van der Waals surface area (Å²) in [6.07, 6.45) is 10.0. The minimum atomic E-state index is -2.86. The zero-order chi connectivity index (χ0) is 18.5. The summed E-state index contributed by atoms with van der Waals surface area (Å²) in [6, 6.07) is 21.3. The van der Waals surface area contributed by atoms with Crippen LogP contribution in [0.4, 0.5) is 0 Å². The van der Waals surface area contributed by atoms with Crippen molar-refractivity contribution in [2.75, 3.05) is 0 Å². The minimum Gasteiger partial charge on any atom is -0.310 e. The van der Waals surface area contributed by atoms with Gasteiger partial charge in [-0.25, -0.2) is 0 Å². The van der Waals surface area contributed by atoms with Crippen molar-refractivity contribution in [3.05, 3.63) is 60.7 Å². The van der Waals surface area contributed by atoms with Crippen LogP contribution in [0, 0.1) is 0 Å². The summed E-state index contributed by atoms with van der Waals surface area (Å²) in [6.45, 7) is 0. The average Bonchev–Trinajstić information content (AvgIpc) is 3.24. The monoisotopic (exact) mass is 382 g/mol. The van der Waals surface area contributed by atoms with E-state index in [4.69, 9.17) is 0 Å². The molecule has 144 valence electrons. The number of rotatable bonds is 6. The molecule has 0 unspecified atom stereocenters. The Balaban J connectivity index is 1.61. The van der Waals surface area contributed by atoms with Crippen molar-refractivity contribution < 1.29 is 4.57 Å². The summed E-state index contributed by atoms with van der Waals surface area (Å²) in [7, 11) is -2.86. The third-order valence-corrected chi connectivity index (χ3v) is 8.90. The molecule has 27 heavy (non-hydrogen) atoms. The average molecular weight is 382 g/mol. The van der Waals surface area contributed by atoms with Gasteiger partial charge in [-0.1, -0.05) is 62.1 Å². The molecular weight excluding hydrogens is 351 g/mol. The van der Waals surface area contributed by atoms with Crippen molar-refractivity contribution in [2.24, 2.45) is 0 Å². The molecule has 0 saturated heterocycles. The predicted molar refractivity (Wildman–Crippen MR) is 114 cm³/mol. The maximum absolute atomic E-state index is 14.3. The second kappa shape index (κ2) is 8.73. The van der Waals surface area contributed by atoms with Crippen LogP contribution in [0.2, 0.25) is 0 Å². The Hall–Kier alpha value is -1.41. The molecule has 2 aliphatic rings. The molecule has 4 heteroatoms. The second-order valence-electron chi connectivity index (χ2n) is 8.05. The van der Waals surface area contributed by atoms with Crippen LogP contribution in [-0.4, -0.2) is 18.1 Å². The van der Waals surface area contributed by atoms with E-state index in [1.54, 1.807) is 0 Å². The molecule has 4 rings (SSSR count). The third kappa shape index (κ3) is 4.37. The van der Waals surface area contributed by atoms with E-state index in [9.17, 15) is 4.57 Å². The Morgan fingerprint density at radius 1 is 0.667 bits per heavy atom. The highest BCUT2D eigenvalue weighted by Gasteiger charge is 2.35. The first-order valence-corrected chi connectivity index (χ1v) is 12.2. The predicted octanol–water partition coefficient (Wildman–Crippen LogP) is 4.35. The lowest BCUT2D eigenvalue weighted by molar-refractivity contribution is 0.286. The van der Waals surface area contributed by atoms with Crippen LogP contribution in [-0.2, 0) is 4.57 Å². The molecule has 3 nitrogen and oxygen atoms in total. The summed E-state index contributed by atoms with van der Waals surface area (Å²) in [4.78, 5) is 0. The van der Waals surface area contributed by atoms with E-state index in [0.717, 1.165) is 17.0 Å². The van der Waals surface area contributed by atoms with Crippen LogP contribution in [0.3, 0.4) is 0 Å². The normalized spacial score (nSPS) is 24.1. The minimum absolute atomic E-state index is 0.255. The first kappa shape index (κ1) is 18.9. The van der Waals surface area contributed by atoms with Crippen LogP contribution in [0.1, 0.15) is 51.4 Å². The van der Waals surface area contributed by atoms with Gasteiger partial charge >= 0.3 is 0 Å². The van der Waals surface area contributed by atoms with Crippen LogP contribution < -0.4 is 21.0 Å². The first-order chi connectivity index (χ1) is 13.3. The molecule has 2 fully saturated rings. The van der Waals surface area contributed by atoms with Gasteiger partial charge in [0.1, 0.15) is 0 Å². The van der Waals surface area contributed by atoms with Gasteiger partial charge in [0, 0.05) is 28.7 Å². The van der Waals surface area contributed by atoms with Gasteiger partial charge in [0.15, 0.2) is 0 Å². The molecular formula is C23H31N2OP. The molecule has 0 radical (unpaired) electrons. The van der Waals surface area contributed by atoms with Crippen LogP contribution >= 0.6 is 7.29 Å². The van der Waals surface area contributed by atoms with Crippen molar-refractivity contribution in [1.29, 1.82) is 0 Å². The zero-order valence-corrected chi connectivity index (χ0v) is 16.9. The van der Waals surface area contributed by atoms with Gasteiger partial charge in [-0.2, -0.15) is 0 Å². The summed E-state index contributed by atoms with van der Waals surface area (Å²) >= 11 is 0. The number of benzene rings is 2. The van der Waals surface area contributed by atoms with E-state index in [1.807, 2.05) is 60.7 Å². The van der Waals surface area contributed by atoms with Crippen LogP contribution in [0.5, 0.6) is 0 Å². The molecule has 0 spiro atoms. The molecule has 2 N–H and O–H groups in total. The van der Waals surface area contributed by atoms with Crippen molar-refractivity contribution in [3.63, 3.8) is 0 Å². The van der Waals surface area contributed by atoms with Gasteiger partial charge in [-0.15, -0.1) is 0 Å². The van der Waals surface area contributed by atoms with E-state index in [0.29, 0.717) is 12.1 Å². The van der Waals surface area contributed by atoms with Gasteiger partial charge in [0.2, 0.25) is 7.29 Å². The lowest BCUT2D eigenvalue weighted by Gasteiger charge is -2.37. The van der Waals surface area contributed by atoms with Crippen LogP contribution in [0.25, 0.3) is 0 Å². The van der Waals surface area contributed by atoms with Crippen molar-refractivity contribution in [2.45, 2.75) is 69.5 Å². The fraction of sp³-hybridized carbons (Fsp3) is 0.478. The highest BCUT2D eigenvalue weighted by atomic mass is 31.2. The Kier molecular flexibility index (Phi) is 6.12. The lowest BCUT2D eigenvalue weighted by atomic mass is 9.90. The molecule has 2 aromatic rings. The molecule has 2 aliphatic carbocycles. The van der Waals surface area contributed by atoms with E-state index in [2.05, 4.69) is 10.4 Å². The topological polar surface area (TPSA) is 41.1 Å². The fourth-order valence-corrected chi connectivity index (χ4v) is 7.24. The maximum atomic E-state index is 14.3. The lowest BCUT2D eigenvalue weighted by Crippen LogP contribution is -2.52. The SMILES string of the molecule is O=P(N[C@@H]1CCCC[C@H]1NC1CCCC1)(c1ccccc1)c1ccccc1. The van der Waals surface area contributed by atoms with Gasteiger partial charge in [-0.05, 0) is 49.9 Å². The Morgan fingerprint density at radius 2 is 1.15 bits per heavy atom. The van der Waals surface area contributed by atoms with E-state index in [1.165, 1.54) is 44.9 Å². The Labute approximate surface area is 163 Å². The molecule has 2 saturated carbocycles. The molecule has 2 aromatic carbocycles. The largest absolute Gasteiger partial charge is 0.310 e. The van der Waals surface area contributed by atoms with Crippen molar-refractivity contribution in [3.8, 4) is 0 Å². The number of hydrogen-bond donors (Lipinski definition) is 2. The molecule has 0 aromatic heterocycles. The summed E-state index contributed by atoms with van der Waals surface area (Å²) in [5, 5.41) is 9.40. The van der Waals surface area contributed by atoms with Crippen molar-refractivity contribution in [1.82, 2.24) is 10.4 Å². The standard InChI is InChI=1S/C23H31N2OP/c26-27(20-13-3-1-4-14-20,21-15-5-2-6-16-21)25-23-18-10-9-17-22(23)24-19-11-7-8-12-19/h1-6,13-16,19,22-24H,7-12,17-18H2,(H,25,26)/t22-,23-/m1/s1. The van der Waals surface area contributed by atoms with Crippen molar-refractivity contribution >= 4 is 17.9 Å². The first-order valence-electron chi connectivity index (χ1n) is 10.5. The summed E-state index contributed by atoms with van der Waals surface area (Å²) in [5.41, 5.74) is 0. The van der Waals surface area contributed by atoms with E-state index in [-0.39, 0.29) is 6.04 Å². The molecule has 0 heterocycles. The van der Waals surface area contributed by atoms with E-state index >= 15 is 0 Å². The molecule has 2 atom stereocenters. The third-order valence-electron chi connectivity index (χ3n) is 6.16. The van der Waals surface area contributed by atoms with Crippen LogP contribution in [0.15, 0.2) is 60.7 Å². The number of nitrogens with one attached hydrogen (secondary N) is 2. The summed E-state index contributed by atoms with van der Waals surface area (Å²) < 4.78 is 14.3.